The molecule has 1 amide bonds. The van der Waals surface area contributed by atoms with Crippen molar-refractivity contribution >= 4 is 55.2 Å². The predicted octanol–water partition coefficient (Wildman–Crippen LogP) is 6.20. The molecule has 0 saturated carbocycles. The number of rotatable bonds is 4. The molecule has 0 aliphatic carbocycles. The zero-order valence-corrected chi connectivity index (χ0v) is 19.5. The van der Waals surface area contributed by atoms with E-state index in [2.05, 4.69) is 0 Å². The van der Waals surface area contributed by atoms with E-state index in [9.17, 15) is 9.59 Å². The summed E-state index contributed by atoms with van der Waals surface area (Å²) in [6.45, 7) is 2.40. The van der Waals surface area contributed by atoms with Gasteiger partial charge in [0.25, 0.3) is 5.91 Å². The lowest BCUT2D eigenvalue weighted by molar-refractivity contribution is 0.0971. The van der Waals surface area contributed by atoms with E-state index in [0.29, 0.717) is 39.0 Å². The second kappa shape index (κ2) is 7.97. The number of aromatic nitrogens is 1. The number of hydrogen-bond acceptors (Lipinski definition) is 6. The van der Waals surface area contributed by atoms with E-state index < -0.39 is 11.9 Å². The topological polar surface area (TPSA) is 72.6 Å². The molecule has 3 heterocycles. The Labute approximate surface area is 203 Å². The number of fused-ring (bicyclic) bond motifs is 3. The summed E-state index contributed by atoms with van der Waals surface area (Å²) < 4.78 is 12.5. The first-order chi connectivity index (χ1) is 16.5. The minimum Gasteiger partial charge on any atom is -0.494 e. The SMILES string of the molecule is CCOc1cccc([C@@H]2c3c(oc4ccccc4c3=O)C(=O)N2c2nc3ccc(Cl)cc3s2)c1. The molecule has 1 aliphatic rings. The quantitative estimate of drug-likeness (QED) is 0.301. The molecule has 2 aromatic heterocycles. The molecule has 0 saturated heterocycles. The molecule has 3 aromatic carbocycles. The molecule has 0 unspecified atom stereocenters. The van der Waals surface area contributed by atoms with Gasteiger partial charge in [-0.3, -0.25) is 14.5 Å². The summed E-state index contributed by atoms with van der Waals surface area (Å²) in [4.78, 5) is 33.6. The van der Waals surface area contributed by atoms with Crippen molar-refractivity contribution in [2.45, 2.75) is 13.0 Å². The summed E-state index contributed by atoms with van der Waals surface area (Å²) in [5, 5.41) is 1.48. The van der Waals surface area contributed by atoms with Crippen molar-refractivity contribution in [1.29, 1.82) is 0 Å². The number of amides is 1. The second-order valence-corrected chi connectivity index (χ2v) is 9.31. The van der Waals surface area contributed by atoms with Gasteiger partial charge in [-0.25, -0.2) is 4.98 Å². The van der Waals surface area contributed by atoms with Gasteiger partial charge < -0.3 is 9.15 Å². The van der Waals surface area contributed by atoms with E-state index in [-0.39, 0.29) is 11.2 Å². The van der Waals surface area contributed by atoms with Crippen LogP contribution in [0.1, 0.15) is 34.6 Å². The van der Waals surface area contributed by atoms with Gasteiger partial charge in [0.15, 0.2) is 10.6 Å². The van der Waals surface area contributed by atoms with Gasteiger partial charge in [0.2, 0.25) is 5.76 Å². The van der Waals surface area contributed by atoms with Crippen LogP contribution in [0.25, 0.3) is 21.2 Å². The maximum atomic E-state index is 13.7. The Bertz CT molecular complexity index is 1660. The fourth-order valence-electron chi connectivity index (χ4n) is 4.36. The van der Waals surface area contributed by atoms with E-state index in [1.807, 2.05) is 43.3 Å². The highest BCUT2D eigenvalue weighted by molar-refractivity contribution is 7.22. The minimum absolute atomic E-state index is 0.0350. The van der Waals surface area contributed by atoms with Crippen LogP contribution < -0.4 is 15.1 Å². The number of halogens is 1. The zero-order chi connectivity index (χ0) is 23.4. The Kier molecular flexibility index (Phi) is 4.90. The van der Waals surface area contributed by atoms with Gasteiger partial charge in [-0.15, -0.1) is 0 Å². The smallest absolute Gasteiger partial charge is 0.297 e. The molecule has 0 fully saturated rings. The highest BCUT2D eigenvalue weighted by atomic mass is 35.5. The number of hydrogen-bond donors (Lipinski definition) is 0. The third-order valence-electron chi connectivity index (χ3n) is 5.81. The molecule has 0 radical (unpaired) electrons. The Morgan fingerprint density at radius 2 is 1.94 bits per heavy atom. The van der Waals surface area contributed by atoms with Crippen LogP contribution in [0.3, 0.4) is 0 Å². The van der Waals surface area contributed by atoms with Crippen LogP contribution in [0.15, 0.2) is 75.9 Å². The van der Waals surface area contributed by atoms with Crippen molar-refractivity contribution in [3.05, 3.63) is 98.9 Å². The average molecular weight is 489 g/mol. The number of thiazole rings is 1. The lowest BCUT2D eigenvalue weighted by Gasteiger charge is -2.23. The van der Waals surface area contributed by atoms with Crippen molar-refractivity contribution in [2.75, 3.05) is 11.5 Å². The summed E-state index contributed by atoms with van der Waals surface area (Å²) >= 11 is 7.51. The van der Waals surface area contributed by atoms with Crippen LogP contribution >= 0.6 is 22.9 Å². The average Bonchev–Trinajstić information content (AvgIpc) is 3.38. The minimum atomic E-state index is -0.709. The van der Waals surface area contributed by atoms with Crippen molar-refractivity contribution in [3.8, 4) is 5.75 Å². The van der Waals surface area contributed by atoms with Crippen LogP contribution in [-0.2, 0) is 0 Å². The molecule has 5 aromatic rings. The first-order valence-corrected chi connectivity index (χ1v) is 11.9. The Morgan fingerprint density at radius 3 is 2.79 bits per heavy atom. The van der Waals surface area contributed by atoms with Gasteiger partial charge in [-0.05, 0) is 55.0 Å². The third kappa shape index (κ3) is 3.20. The first-order valence-electron chi connectivity index (χ1n) is 10.7. The van der Waals surface area contributed by atoms with Crippen LogP contribution in [0.4, 0.5) is 5.13 Å². The molecule has 0 spiro atoms. The van der Waals surface area contributed by atoms with E-state index in [4.69, 9.17) is 25.7 Å². The van der Waals surface area contributed by atoms with E-state index in [0.717, 1.165) is 15.8 Å². The summed E-state index contributed by atoms with van der Waals surface area (Å²) in [7, 11) is 0. The van der Waals surface area contributed by atoms with Gasteiger partial charge in [-0.1, -0.05) is 47.2 Å². The van der Waals surface area contributed by atoms with Gasteiger partial charge in [-0.2, -0.15) is 0 Å². The second-order valence-electron chi connectivity index (χ2n) is 7.86. The number of benzene rings is 3. The van der Waals surface area contributed by atoms with Crippen LogP contribution in [0.5, 0.6) is 5.75 Å². The fourth-order valence-corrected chi connectivity index (χ4v) is 5.63. The number of carbonyl (C=O) groups is 1. The molecule has 1 aliphatic heterocycles. The van der Waals surface area contributed by atoms with Gasteiger partial charge in [0.05, 0.1) is 33.8 Å². The molecular weight excluding hydrogens is 472 g/mol. The molecular formula is C26H17ClN2O4S. The lowest BCUT2D eigenvalue weighted by atomic mass is 9.98. The van der Waals surface area contributed by atoms with E-state index in [1.54, 1.807) is 30.3 Å². The molecule has 6 rings (SSSR count). The predicted molar refractivity (Wildman–Crippen MR) is 133 cm³/mol. The Hall–Kier alpha value is -3.68. The molecule has 168 valence electrons. The van der Waals surface area contributed by atoms with Gasteiger partial charge in [0, 0.05) is 5.02 Å². The number of ether oxygens (including phenoxy) is 1. The molecule has 0 N–H and O–H groups in total. The Morgan fingerprint density at radius 1 is 1.09 bits per heavy atom. The number of carbonyl (C=O) groups excluding carboxylic acids is 1. The summed E-state index contributed by atoms with van der Waals surface area (Å²) in [5.41, 5.74) is 1.90. The molecule has 34 heavy (non-hydrogen) atoms. The highest BCUT2D eigenvalue weighted by Crippen LogP contribution is 2.44. The molecule has 8 heteroatoms. The number of nitrogens with zero attached hydrogens (tertiary/aromatic N) is 2. The van der Waals surface area contributed by atoms with Crippen molar-refractivity contribution in [2.24, 2.45) is 0 Å². The number of anilines is 1. The molecule has 1 atom stereocenters. The first kappa shape index (κ1) is 20.9. The van der Waals surface area contributed by atoms with Crippen molar-refractivity contribution in [3.63, 3.8) is 0 Å². The summed E-state index contributed by atoms with van der Waals surface area (Å²) in [5.74, 6) is 0.282. The fraction of sp³-hybridized carbons (Fsp3) is 0.115. The Balaban J connectivity index is 1.62. The van der Waals surface area contributed by atoms with Crippen molar-refractivity contribution < 1.29 is 13.9 Å². The van der Waals surface area contributed by atoms with Crippen LogP contribution in [0, 0.1) is 0 Å². The van der Waals surface area contributed by atoms with Crippen molar-refractivity contribution in [1.82, 2.24) is 4.98 Å². The van der Waals surface area contributed by atoms with Gasteiger partial charge in [0.1, 0.15) is 11.3 Å². The van der Waals surface area contributed by atoms with E-state index >= 15 is 0 Å². The summed E-state index contributed by atoms with van der Waals surface area (Å²) in [6.07, 6.45) is 0. The monoisotopic (exact) mass is 488 g/mol. The van der Waals surface area contributed by atoms with E-state index in [1.165, 1.54) is 16.2 Å². The lowest BCUT2D eigenvalue weighted by Crippen LogP contribution is -2.29. The highest BCUT2D eigenvalue weighted by Gasteiger charge is 2.45. The molecule has 0 bridgehead atoms. The summed E-state index contributed by atoms with van der Waals surface area (Å²) in [6, 6.07) is 19.1. The van der Waals surface area contributed by atoms with Gasteiger partial charge >= 0.3 is 0 Å². The maximum absolute atomic E-state index is 13.7. The van der Waals surface area contributed by atoms with Crippen LogP contribution in [0.2, 0.25) is 5.02 Å². The van der Waals surface area contributed by atoms with Crippen LogP contribution in [-0.4, -0.2) is 17.5 Å². The standard InChI is InChI=1S/C26H17ClN2O4S/c1-2-32-16-7-5-6-14(12-16)22-21-23(30)17-8-3-4-9-19(17)33-24(21)25(31)29(22)26-28-18-11-10-15(27)13-20(18)34-26/h3-13,22H,2H2,1H3/t22-/m1/s1. The maximum Gasteiger partial charge on any atom is 0.297 e. The normalized spacial score (nSPS) is 15.3. The molecule has 6 nitrogen and oxygen atoms in total. The third-order valence-corrected chi connectivity index (χ3v) is 7.06. The zero-order valence-electron chi connectivity index (χ0n) is 17.9. The largest absolute Gasteiger partial charge is 0.494 e. The number of para-hydroxylation sites is 1.